The second-order valence-corrected chi connectivity index (χ2v) is 10.7. The number of phenolic OH excluding ortho intramolecular Hbond substituents is 1. The quantitative estimate of drug-likeness (QED) is 0.0526. The van der Waals surface area contributed by atoms with Gasteiger partial charge < -0.3 is 36.0 Å². The molecule has 2 heterocycles. The van der Waals surface area contributed by atoms with Crippen molar-refractivity contribution < 1.29 is 54.0 Å². The van der Waals surface area contributed by atoms with Gasteiger partial charge >= 0.3 is 5.97 Å². The molecule has 1 aromatic rings. The molecule has 2 aliphatic rings. The first kappa shape index (κ1) is 35.7. The summed E-state index contributed by atoms with van der Waals surface area (Å²) < 4.78 is 5.48. The van der Waals surface area contributed by atoms with Gasteiger partial charge in [0.2, 0.25) is 30.0 Å². The van der Waals surface area contributed by atoms with Crippen LogP contribution in [0.15, 0.2) is 23.2 Å². The van der Waals surface area contributed by atoms with Gasteiger partial charge in [0.25, 0.3) is 5.91 Å². The third kappa shape index (κ3) is 9.85. The summed E-state index contributed by atoms with van der Waals surface area (Å²) in [5.41, 5.74) is 3.92. The number of aliphatic hydroxyl groups excluding tert-OH is 1. The minimum absolute atomic E-state index is 0.0286. The number of aliphatic imine (C=N–C) groups is 1. The number of nitrogens with one attached hydrogen (secondary N) is 4. The minimum atomic E-state index is -1.52. The normalized spacial score (nSPS) is 18.8. The van der Waals surface area contributed by atoms with Crippen LogP contribution in [0.2, 0.25) is 0 Å². The number of hydrogen-bond donors (Lipinski definition) is 8. The monoisotopic (exact) mass is 649 g/mol. The van der Waals surface area contributed by atoms with Gasteiger partial charge in [0.1, 0.15) is 30.5 Å². The molecule has 0 unspecified atom stereocenters. The Hall–Kier alpha value is -4.81. The average Bonchev–Trinajstić information content (AvgIpc) is 3.53. The Morgan fingerprint density at radius 1 is 1.20 bits per heavy atom. The number of benzene rings is 1. The fourth-order valence-electron chi connectivity index (χ4n) is 4.77. The maximum absolute atomic E-state index is 13.7. The third-order valence-electron chi connectivity index (χ3n) is 7.19. The van der Waals surface area contributed by atoms with Crippen molar-refractivity contribution in [2.45, 2.75) is 63.2 Å². The van der Waals surface area contributed by atoms with Gasteiger partial charge in [0.15, 0.2) is 6.04 Å². The number of aliphatic carboxylic acids is 1. The van der Waals surface area contributed by atoms with Gasteiger partial charge in [0, 0.05) is 19.6 Å². The summed E-state index contributed by atoms with van der Waals surface area (Å²) in [6, 6.07) is -0.229. The van der Waals surface area contributed by atoms with Crippen LogP contribution in [0.25, 0.3) is 0 Å². The molecule has 1 fully saturated rings. The van der Waals surface area contributed by atoms with Crippen molar-refractivity contribution in [2.75, 3.05) is 32.8 Å². The molecular formula is C28H39N7O11. The Balaban J connectivity index is 1.71. The largest absolute Gasteiger partial charge is 0.507 e. The molecular weight excluding hydrogens is 610 g/mol. The Bertz CT molecular complexity index is 1320. The number of rotatable bonds is 16. The van der Waals surface area contributed by atoms with Gasteiger partial charge in [0.05, 0.1) is 18.6 Å². The molecule has 1 aromatic carbocycles. The number of hydrogen-bond acceptors (Lipinski definition) is 12. The number of aliphatic hydroxyl groups is 1. The number of carbonyl (C=O) groups excluding carboxylic acids is 5. The van der Waals surface area contributed by atoms with Gasteiger partial charge in [-0.05, 0) is 44.7 Å². The summed E-state index contributed by atoms with van der Waals surface area (Å²) in [5, 5.41) is 47.2. The predicted octanol–water partition coefficient (Wildman–Crippen LogP) is -2.48. The summed E-state index contributed by atoms with van der Waals surface area (Å²) in [6.45, 7) is 0.725. The minimum Gasteiger partial charge on any atom is -0.507 e. The summed E-state index contributed by atoms with van der Waals surface area (Å²) in [5.74, 6) is -4.25. The number of amides is 5. The molecule has 18 heteroatoms. The standard InChI is InChI=1S/C28H39N7O11/c1-16-6-7-22(38)17(12-16)27-33-20(14-46-27)25(42)32-19(13-36)24(41)31-18(4-3-11-34(45)15-37)28(44)35-21(5-2-9-30-35)26(43)29-10-8-23(39)40/h6-7,12,15,18-21,30,36,38,45H,2-5,8-11,13-14H2,1H3,(H,29,43)(H,31,41)(H,32,42)(H,39,40)/t18-,19+,20+,21-/m1/s1. The van der Waals surface area contributed by atoms with Crippen molar-refractivity contribution in [1.29, 1.82) is 0 Å². The molecule has 3 rings (SSSR count). The zero-order valence-electron chi connectivity index (χ0n) is 25.2. The number of aromatic hydroxyl groups is 1. The van der Waals surface area contributed by atoms with Crippen LogP contribution in [-0.2, 0) is 33.5 Å². The first-order valence-corrected chi connectivity index (χ1v) is 14.6. The molecule has 46 heavy (non-hydrogen) atoms. The second-order valence-electron chi connectivity index (χ2n) is 10.7. The number of carboxylic acids is 1. The Morgan fingerprint density at radius 2 is 1.96 bits per heavy atom. The van der Waals surface area contributed by atoms with Crippen molar-refractivity contribution in [3.63, 3.8) is 0 Å². The Kier molecular flexibility index (Phi) is 13.2. The van der Waals surface area contributed by atoms with Crippen molar-refractivity contribution in [1.82, 2.24) is 31.4 Å². The number of ether oxygens (including phenoxy) is 1. The summed E-state index contributed by atoms with van der Waals surface area (Å²) >= 11 is 0. The van der Waals surface area contributed by atoms with Crippen LogP contribution in [0.1, 0.15) is 43.2 Å². The van der Waals surface area contributed by atoms with Crippen molar-refractivity contribution in [3.8, 4) is 5.75 Å². The lowest BCUT2D eigenvalue weighted by Gasteiger charge is -2.37. The number of aryl methyl sites for hydroxylation is 1. The summed E-state index contributed by atoms with van der Waals surface area (Å²) in [7, 11) is 0. The Labute approximate surface area is 263 Å². The summed E-state index contributed by atoms with van der Waals surface area (Å²) in [6.07, 6.45) is 0.529. The number of nitrogens with zero attached hydrogens (tertiary/aromatic N) is 3. The summed E-state index contributed by atoms with van der Waals surface area (Å²) in [4.78, 5) is 78.5. The number of hydrazine groups is 1. The molecule has 5 amide bonds. The van der Waals surface area contributed by atoms with E-state index in [-0.39, 0.29) is 69.0 Å². The van der Waals surface area contributed by atoms with Crippen molar-refractivity contribution >= 4 is 41.9 Å². The number of carboxylic acid groups (broad SMARTS) is 1. The maximum Gasteiger partial charge on any atom is 0.305 e. The first-order chi connectivity index (χ1) is 21.9. The number of carbonyl (C=O) groups is 6. The van der Waals surface area contributed by atoms with E-state index in [2.05, 4.69) is 26.4 Å². The molecule has 0 bridgehead atoms. The van der Waals surface area contributed by atoms with Crippen molar-refractivity contribution in [2.24, 2.45) is 4.99 Å². The highest BCUT2D eigenvalue weighted by Gasteiger charge is 2.38. The lowest BCUT2D eigenvalue weighted by molar-refractivity contribution is -0.151. The van der Waals surface area contributed by atoms with E-state index in [0.29, 0.717) is 18.0 Å². The van der Waals surface area contributed by atoms with E-state index in [9.17, 15) is 44.2 Å². The second kappa shape index (κ2) is 17.0. The smallest absolute Gasteiger partial charge is 0.305 e. The first-order valence-electron chi connectivity index (χ1n) is 14.6. The molecule has 252 valence electrons. The van der Waals surface area contributed by atoms with Crippen LogP contribution >= 0.6 is 0 Å². The molecule has 0 aliphatic carbocycles. The Morgan fingerprint density at radius 3 is 2.65 bits per heavy atom. The zero-order valence-corrected chi connectivity index (χ0v) is 25.2. The van der Waals surface area contributed by atoms with E-state index in [4.69, 9.17) is 9.84 Å². The van der Waals surface area contributed by atoms with E-state index in [1.807, 2.05) is 0 Å². The fraction of sp³-hybridized carbons (Fsp3) is 0.536. The molecule has 18 nitrogen and oxygen atoms in total. The van der Waals surface area contributed by atoms with Gasteiger partial charge in [-0.25, -0.2) is 15.5 Å². The van der Waals surface area contributed by atoms with Crippen LogP contribution in [0.3, 0.4) is 0 Å². The molecule has 4 atom stereocenters. The fourth-order valence-corrected chi connectivity index (χ4v) is 4.77. The molecule has 0 aromatic heterocycles. The van der Waals surface area contributed by atoms with Gasteiger partial charge in [-0.15, -0.1) is 0 Å². The lowest BCUT2D eigenvalue weighted by atomic mass is 10.0. The van der Waals surface area contributed by atoms with Crippen molar-refractivity contribution in [3.05, 3.63) is 29.3 Å². The van der Waals surface area contributed by atoms with E-state index < -0.39 is 60.4 Å². The van der Waals surface area contributed by atoms with E-state index in [0.717, 1.165) is 10.6 Å². The van der Waals surface area contributed by atoms with Crippen LogP contribution in [0, 0.1) is 6.92 Å². The third-order valence-corrected chi connectivity index (χ3v) is 7.19. The zero-order chi connectivity index (χ0) is 33.8. The number of phenols is 1. The SMILES string of the molecule is Cc1ccc(O)c(C2=N[C@H](C(=O)N[C@@H](CO)C(=O)N[C@H](CCCN(O)C=O)C(=O)N3NCCC[C@@H]3C(=O)NCCC(=O)O)CO2)c1. The highest BCUT2D eigenvalue weighted by Crippen LogP contribution is 2.23. The average molecular weight is 650 g/mol. The molecule has 0 spiro atoms. The molecule has 0 radical (unpaired) electrons. The van der Waals surface area contributed by atoms with E-state index >= 15 is 0 Å². The van der Waals surface area contributed by atoms with Crippen LogP contribution in [0.4, 0.5) is 0 Å². The molecule has 1 saturated heterocycles. The van der Waals surface area contributed by atoms with E-state index in [1.165, 1.54) is 6.07 Å². The van der Waals surface area contributed by atoms with Crippen LogP contribution < -0.4 is 21.4 Å². The van der Waals surface area contributed by atoms with E-state index in [1.54, 1.807) is 19.1 Å². The highest BCUT2D eigenvalue weighted by molar-refractivity contribution is 6.01. The van der Waals surface area contributed by atoms with Gasteiger partial charge in [-0.1, -0.05) is 11.6 Å². The van der Waals surface area contributed by atoms with Crippen LogP contribution in [0.5, 0.6) is 5.75 Å². The van der Waals surface area contributed by atoms with Crippen LogP contribution in [-0.4, -0.2) is 130 Å². The predicted molar refractivity (Wildman–Crippen MR) is 157 cm³/mol. The molecule has 8 N–H and O–H groups in total. The van der Waals surface area contributed by atoms with Gasteiger partial charge in [-0.2, -0.15) is 0 Å². The number of hydroxylamine groups is 2. The molecule has 2 aliphatic heterocycles. The maximum atomic E-state index is 13.7. The van der Waals surface area contributed by atoms with Gasteiger partial charge in [-0.3, -0.25) is 39.0 Å². The lowest BCUT2D eigenvalue weighted by Crippen LogP contribution is -2.64. The highest BCUT2D eigenvalue weighted by atomic mass is 16.5. The molecule has 0 saturated carbocycles. The topological polar surface area (TPSA) is 260 Å².